The van der Waals surface area contributed by atoms with Gasteiger partial charge in [0.25, 0.3) is 0 Å². The predicted octanol–water partition coefficient (Wildman–Crippen LogP) is 3.40. The van der Waals surface area contributed by atoms with Crippen LogP contribution < -0.4 is 0 Å². The molecule has 0 radical (unpaired) electrons. The Morgan fingerprint density at radius 1 is 1.47 bits per heavy atom. The van der Waals surface area contributed by atoms with E-state index in [0.29, 0.717) is 13.0 Å². The van der Waals surface area contributed by atoms with Crippen molar-refractivity contribution in [2.45, 2.75) is 32.2 Å². The second-order valence-corrected chi connectivity index (χ2v) is 5.52. The van der Waals surface area contributed by atoms with Gasteiger partial charge in [-0.15, -0.1) is 0 Å². The van der Waals surface area contributed by atoms with Crippen LogP contribution in [0.4, 0.5) is 0 Å². The molecule has 4 nitrogen and oxygen atoms in total. The Balaban J connectivity index is 2.75. The fourth-order valence-corrected chi connectivity index (χ4v) is 2.58. The Morgan fingerprint density at radius 2 is 2.16 bits per heavy atom. The number of carboxylic acids is 1. The van der Waals surface area contributed by atoms with E-state index in [0.717, 1.165) is 16.5 Å². The molecule has 0 heterocycles. The molecule has 0 saturated carbocycles. The van der Waals surface area contributed by atoms with E-state index in [9.17, 15) is 9.90 Å². The number of carboxylic acid groups (broad SMARTS) is 1. The molecule has 0 spiro atoms. The van der Waals surface area contributed by atoms with Crippen molar-refractivity contribution in [3.63, 3.8) is 0 Å². The zero-order valence-electron chi connectivity index (χ0n) is 11.3. The minimum Gasteiger partial charge on any atom is -0.508 e. The van der Waals surface area contributed by atoms with Gasteiger partial charge in [-0.1, -0.05) is 22.9 Å². The number of rotatable bonds is 7. The Bertz CT molecular complexity index is 437. The van der Waals surface area contributed by atoms with E-state index in [1.54, 1.807) is 12.1 Å². The van der Waals surface area contributed by atoms with Gasteiger partial charge in [-0.05, 0) is 44.6 Å². The van der Waals surface area contributed by atoms with Crippen LogP contribution in [0.3, 0.4) is 0 Å². The highest BCUT2D eigenvalue weighted by Crippen LogP contribution is 2.32. The fraction of sp³-hybridized carbons (Fsp3) is 0.500. The quantitative estimate of drug-likeness (QED) is 0.804. The molecule has 0 aliphatic heterocycles. The molecule has 1 unspecified atom stereocenters. The van der Waals surface area contributed by atoms with Gasteiger partial charge in [-0.25, -0.2) is 0 Å². The van der Waals surface area contributed by atoms with Gasteiger partial charge in [0.2, 0.25) is 0 Å². The molecular weight excluding hydrogens is 310 g/mol. The Hall–Kier alpha value is -1.07. The van der Waals surface area contributed by atoms with Crippen molar-refractivity contribution in [2.24, 2.45) is 0 Å². The first-order valence-electron chi connectivity index (χ1n) is 6.36. The van der Waals surface area contributed by atoms with Crippen LogP contribution >= 0.6 is 15.9 Å². The molecule has 0 fully saturated rings. The second-order valence-electron chi connectivity index (χ2n) is 4.61. The SMILES string of the molecule is CCC(c1cc(Br)ccc1O)N(C)CCCC(=O)O. The van der Waals surface area contributed by atoms with Gasteiger partial charge in [-0.3, -0.25) is 9.69 Å². The highest BCUT2D eigenvalue weighted by Gasteiger charge is 2.18. The molecule has 0 bridgehead atoms. The first kappa shape index (κ1) is 16.0. The van der Waals surface area contributed by atoms with Crippen LogP contribution in [-0.2, 0) is 4.79 Å². The van der Waals surface area contributed by atoms with Crippen molar-refractivity contribution in [2.75, 3.05) is 13.6 Å². The molecule has 106 valence electrons. The van der Waals surface area contributed by atoms with Gasteiger partial charge in [0.1, 0.15) is 5.75 Å². The molecule has 0 aliphatic rings. The maximum atomic E-state index is 10.5. The van der Waals surface area contributed by atoms with E-state index in [2.05, 4.69) is 27.8 Å². The van der Waals surface area contributed by atoms with Crippen LogP contribution in [0.25, 0.3) is 0 Å². The van der Waals surface area contributed by atoms with Gasteiger partial charge in [0.05, 0.1) is 0 Å². The minimum absolute atomic E-state index is 0.0892. The molecule has 19 heavy (non-hydrogen) atoms. The molecule has 0 aromatic heterocycles. The average Bonchev–Trinajstić information content (AvgIpc) is 2.34. The maximum Gasteiger partial charge on any atom is 0.303 e. The molecule has 0 saturated heterocycles. The lowest BCUT2D eigenvalue weighted by atomic mass is 10.0. The number of halogens is 1. The molecule has 1 atom stereocenters. The van der Waals surface area contributed by atoms with E-state index < -0.39 is 5.97 Å². The van der Waals surface area contributed by atoms with Crippen molar-refractivity contribution in [1.29, 1.82) is 0 Å². The third-order valence-electron chi connectivity index (χ3n) is 3.17. The summed E-state index contributed by atoms with van der Waals surface area (Å²) in [5.41, 5.74) is 0.870. The van der Waals surface area contributed by atoms with E-state index in [1.807, 2.05) is 13.1 Å². The van der Waals surface area contributed by atoms with E-state index in [-0.39, 0.29) is 18.2 Å². The van der Waals surface area contributed by atoms with E-state index >= 15 is 0 Å². The van der Waals surface area contributed by atoms with Crippen LogP contribution in [0.2, 0.25) is 0 Å². The Morgan fingerprint density at radius 3 is 2.74 bits per heavy atom. The number of hydrogen-bond donors (Lipinski definition) is 2. The maximum absolute atomic E-state index is 10.5. The lowest BCUT2D eigenvalue weighted by molar-refractivity contribution is -0.137. The predicted molar refractivity (Wildman–Crippen MR) is 78.3 cm³/mol. The average molecular weight is 330 g/mol. The zero-order chi connectivity index (χ0) is 14.4. The number of aromatic hydroxyl groups is 1. The lowest BCUT2D eigenvalue weighted by Gasteiger charge is -2.28. The zero-order valence-corrected chi connectivity index (χ0v) is 12.9. The standard InChI is InChI=1S/C14H20BrNO3/c1-3-12(16(2)8-4-5-14(18)19)11-9-10(15)6-7-13(11)17/h6-7,9,12,17H,3-5,8H2,1-2H3,(H,18,19). The molecule has 2 N–H and O–H groups in total. The third kappa shape index (κ3) is 4.84. The Labute approximate surface area is 122 Å². The van der Waals surface area contributed by atoms with Gasteiger partial charge >= 0.3 is 5.97 Å². The van der Waals surface area contributed by atoms with E-state index in [1.165, 1.54) is 0 Å². The van der Waals surface area contributed by atoms with Crippen molar-refractivity contribution in [3.05, 3.63) is 28.2 Å². The second kappa shape index (κ2) is 7.50. The fourth-order valence-electron chi connectivity index (χ4n) is 2.20. The summed E-state index contributed by atoms with van der Waals surface area (Å²) in [6, 6.07) is 5.48. The molecule has 1 aromatic carbocycles. The van der Waals surface area contributed by atoms with Gasteiger partial charge in [-0.2, -0.15) is 0 Å². The first-order chi connectivity index (χ1) is 8.95. The number of aliphatic carboxylic acids is 1. The molecule has 1 rings (SSSR count). The molecule has 0 aliphatic carbocycles. The summed E-state index contributed by atoms with van der Waals surface area (Å²) in [5.74, 6) is -0.494. The van der Waals surface area contributed by atoms with Crippen molar-refractivity contribution >= 4 is 21.9 Å². The van der Waals surface area contributed by atoms with Gasteiger partial charge in [0, 0.05) is 22.5 Å². The first-order valence-corrected chi connectivity index (χ1v) is 7.15. The monoisotopic (exact) mass is 329 g/mol. The largest absolute Gasteiger partial charge is 0.508 e. The lowest BCUT2D eigenvalue weighted by Crippen LogP contribution is -2.25. The summed E-state index contributed by atoms with van der Waals surface area (Å²) in [6.45, 7) is 2.75. The highest BCUT2D eigenvalue weighted by atomic mass is 79.9. The summed E-state index contributed by atoms with van der Waals surface area (Å²) in [6.07, 6.45) is 1.63. The number of benzene rings is 1. The van der Waals surface area contributed by atoms with Gasteiger partial charge < -0.3 is 10.2 Å². The van der Waals surface area contributed by atoms with Gasteiger partial charge in [0.15, 0.2) is 0 Å². The Kier molecular flexibility index (Phi) is 6.31. The van der Waals surface area contributed by atoms with Crippen LogP contribution in [0.1, 0.15) is 37.8 Å². The summed E-state index contributed by atoms with van der Waals surface area (Å²) in [7, 11) is 1.95. The molecule has 1 aromatic rings. The molecule has 0 amide bonds. The normalized spacial score (nSPS) is 12.6. The number of carbonyl (C=O) groups is 1. The summed E-state index contributed by atoms with van der Waals surface area (Å²) in [4.78, 5) is 12.6. The topological polar surface area (TPSA) is 60.8 Å². The van der Waals surface area contributed by atoms with E-state index in [4.69, 9.17) is 5.11 Å². The summed E-state index contributed by atoms with van der Waals surface area (Å²) >= 11 is 3.41. The van der Waals surface area contributed by atoms with Crippen molar-refractivity contribution < 1.29 is 15.0 Å². The number of nitrogens with zero attached hydrogens (tertiary/aromatic N) is 1. The number of phenolic OH excluding ortho intramolecular Hbond substituents is 1. The third-order valence-corrected chi connectivity index (χ3v) is 3.66. The highest BCUT2D eigenvalue weighted by molar-refractivity contribution is 9.10. The smallest absolute Gasteiger partial charge is 0.303 e. The minimum atomic E-state index is -0.772. The number of phenols is 1. The van der Waals surface area contributed by atoms with Crippen LogP contribution in [0.15, 0.2) is 22.7 Å². The van der Waals surface area contributed by atoms with Crippen LogP contribution in [-0.4, -0.2) is 34.7 Å². The van der Waals surface area contributed by atoms with Crippen molar-refractivity contribution in [1.82, 2.24) is 4.90 Å². The van der Waals surface area contributed by atoms with Crippen LogP contribution in [0, 0.1) is 0 Å². The van der Waals surface area contributed by atoms with Crippen molar-refractivity contribution in [3.8, 4) is 5.75 Å². The summed E-state index contributed by atoms with van der Waals surface area (Å²) < 4.78 is 0.928. The molecule has 5 heteroatoms. The van der Waals surface area contributed by atoms with Crippen LogP contribution in [0.5, 0.6) is 5.75 Å². The molecular formula is C14H20BrNO3. The summed E-state index contributed by atoms with van der Waals surface area (Å²) in [5, 5.41) is 18.6. The number of hydrogen-bond acceptors (Lipinski definition) is 3.